The lowest BCUT2D eigenvalue weighted by atomic mass is 10.0. The van der Waals surface area contributed by atoms with Crippen molar-refractivity contribution in [2.24, 2.45) is 0 Å². The van der Waals surface area contributed by atoms with Gasteiger partial charge in [-0.2, -0.15) is 0 Å². The van der Waals surface area contributed by atoms with E-state index in [1.165, 1.54) is 5.56 Å². The fourth-order valence-electron chi connectivity index (χ4n) is 1.42. The first-order chi connectivity index (χ1) is 6.02. The molecule has 0 aliphatic heterocycles. The summed E-state index contributed by atoms with van der Waals surface area (Å²) in [6.45, 7) is 3.83. The first-order valence-electron chi connectivity index (χ1n) is 4.48. The van der Waals surface area contributed by atoms with Crippen LogP contribution in [0, 0.1) is 6.92 Å². The van der Waals surface area contributed by atoms with Crippen LogP contribution < -0.4 is 4.90 Å². The Kier molecular flexibility index (Phi) is 2.94. The maximum Gasteiger partial charge on any atom is 0.0782 e. The predicted octanol–water partition coefficient (Wildman–Crippen LogP) is 2.11. The summed E-state index contributed by atoms with van der Waals surface area (Å²) in [5.41, 5.74) is 3.26. The van der Waals surface area contributed by atoms with E-state index < -0.39 is 6.10 Å². The van der Waals surface area contributed by atoms with Crippen LogP contribution in [0.25, 0.3) is 0 Å². The molecular weight excluding hydrogens is 162 g/mol. The molecule has 0 aromatic heterocycles. The van der Waals surface area contributed by atoms with E-state index >= 15 is 0 Å². The SMILES string of the molecule is Cc1ccc(N(C)C)c(C(C)O)c1. The molecule has 0 amide bonds. The van der Waals surface area contributed by atoms with Crippen LogP contribution in [-0.4, -0.2) is 19.2 Å². The fourth-order valence-corrected chi connectivity index (χ4v) is 1.42. The highest BCUT2D eigenvalue weighted by atomic mass is 16.3. The molecule has 0 saturated heterocycles. The Labute approximate surface area is 79.8 Å². The molecule has 1 aromatic rings. The Bertz CT molecular complexity index is 292. The van der Waals surface area contributed by atoms with Gasteiger partial charge in [-0.25, -0.2) is 0 Å². The fraction of sp³-hybridized carbons (Fsp3) is 0.455. The Morgan fingerprint density at radius 1 is 1.31 bits per heavy atom. The van der Waals surface area contributed by atoms with Gasteiger partial charge in [-0.3, -0.25) is 0 Å². The summed E-state index contributed by atoms with van der Waals surface area (Å²) >= 11 is 0. The highest BCUT2D eigenvalue weighted by molar-refractivity contribution is 5.54. The number of aryl methyl sites for hydroxylation is 1. The lowest BCUT2D eigenvalue weighted by Gasteiger charge is -2.19. The van der Waals surface area contributed by atoms with Crippen LogP contribution in [0.15, 0.2) is 18.2 Å². The zero-order chi connectivity index (χ0) is 10.0. The third-order valence-electron chi connectivity index (χ3n) is 2.11. The second-order valence-electron chi connectivity index (χ2n) is 3.63. The van der Waals surface area contributed by atoms with Crippen molar-refractivity contribution in [1.82, 2.24) is 0 Å². The quantitative estimate of drug-likeness (QED) is 0.751. The number of rotatable bonds is 2. The molecule has 0 fully saturated rings. The van der Waals surface area contributed by atoms with E-state index in [-0.39, 0.29) is 0 Å². The molecule has 1 N–H and O–H groups in total. The van der Waals surface area contributed by atoms with E-state index in [4.69, 9.17) is 0 Å². The average Bonchev–Trinajstić information content (AvgIpc) is 2.03. The summed E-state index contributed by atoms with van der Waals surface area (Å²) in [4.78, 5) is 2.02. The molecule has 0 saturated carbocycles. The van der Waals surface area contributed by atoms with Crippen LogP contribution in [0.2, 0.25) is 0 Å². The minimum absolute atomic E-state index is 0.405. The van der Waals surface area contributed by atoms with Crippen LogP contribution in [0.5, 0.6) is 0 Å². The minimum Gasteiger partial charge on any atom is -0.389 e. The zero-order valence-electron chi connectivity index (χ0n) is 8.70. The number of hydrogen-bond acceptors (Lipinski definition) is 2. The summed E-state index contributed by atoms with van der Waals surface area (Å²) in [5.74, 6) is 0. The van der Waals surface area contributed by atoms with Crippen molar-refractivity contribution in [2.45, 2.75) is 20.0 Å². The highest BCUT2D eigenvalue weighted by Crippen LogP contribution is 2.25. The molecule has 1 rings (SSSR count). The highest BCUT2D eigenvalue weighted by Gasteiger charge is 2.08. The molecule has 13 heavy (non-hydrogen) atoms. The van der Waals surface area contributed by atoms with Gasteiger partial charge in [0, 0.05) is 25.3 Å². The third kappa shape index (κ3) is 2.22. The number of aliphatic hydroxyl groups is 1. The van der Waals surface area contributed by atoms with Gasteiger partial charge in [-0.15, -0.1) is 0 Å². The van der Waals surface area contributed by atoms with Crippen molar-refractivity contribution in [2.75, 3.05) is 19.0 Å². The molecule has 1 aromatic carbocycles. The second-order valence-corrected chi connectivity index (χ2v) is 3.63. The van der Waals surface area contributed by atoms with Gasteiger partial charge >= 0.3 is 0 Å². The largest absolute Gasteiger partial charge is 0.389 e. The Hall–Kier alpha value is -1.02. The third-order valence-corrected chi connectivity index (χ3v) is 2.11. The van der Waals surface area contributed by atoms with Gasteiger partial charge in [-0.1, -0.05) is 17.7 Å². The Balaban J connectivity index is 3.19. The van der Waals surface area contributed by atoms with Gasteiger partial charge in [-0.05, 0) is 19.9 Å². The molecule has 1 unspecified atom stereocenters. The maximum atomic E-state index is 9.55. The van der Waals surface area contributed by atoms with E-state index in [1.807, 2.05) is 38.1 Å². The summed E-state index contributed by atoms with van der Waals surface area (Å²) in [5, 5.41) is 9.55. The lowest BCUT2D eigenvalue weighted by Crippen LogP contribution is -2.12. The van der Waals surface area contributed by atoms with Crippen LogP contribution >= 0.6 is 0 Å². The molecule has 1 atom stereocenters. The topological polar surface area (TPSA) is 23.5 Å². The number of hydrogen-bond donors (Lipinski definition) is 1. The molecule has 2 nitrogen and oxygen atoms in total. The van der Waals surface area contributed by atoms with Gasteiger partial charge in [0.2, 0.25) is 0 Å². The van der Waals surface area contributed by atoms with Crippen molar-refractivity contribution in [3.8, 4) is 0 Å². The monoisotopic (exact) mass is 179 g/mol. The molecule has 2 heteroatoms. The van der Waals surface area contributed by atoms with Gasteiger partial charge in [0.15, 0.2) is 0 Å². The van der Waals surface area contributed by atoms with Crippen LogP contribution in [0.1, 0.15) is 24.2 Å². The van der Waals surface area contributed by atoms with Crippen molar-refractivity contribution < 1.29 is 5.11 Å². The molecule has 0 aliphatic rings. The Morgan fingerprint density at radius 3 is 2.38 bits per heavy atom. The standard InChI is InChI=1S/C11H17NO/c1-8-5-6-11(12(3)4)10(7-8)9(2)13/h5-7,9,13H,1-4H3. The van der Waals surface area contributed by atoms with E-state index in [0.29, 0.717) is 0 Å². The number of nitrogens with zero attached hydrogens (tertiary/aromatic N) is 1. The predicted molar refractivity (Wildman–Crippen MR) is 56.1 cm³/mol. The lowest BCUT2D eigenvalue weighted by molar-refractivity contribution is 0.199. The van der Waals surface area contributed by atoms with Crippen LogP contribution in [-0.2, 0) is 0 Å². The molecular formula is C11H17NO. The van der Waals surface area contributed by atoms with Gasteiger partial charge in [0.25, 0.3) is 0 Å². The van der Waals surface area contributed by atoms with Crippen molar-refractivity contribution in [1.29, 1.82) is 0 Å². The summed E-state index contributed by atoms with van der Waals surface area (Å²) < 4.78 is 0. The van der Waals surface area contributed by atoms with Crippen LogP contribution in [0.4, 0.5) is 5.69 Å². The van der Waals surface area contributed by atoms with Crippen molar-refractivity contribution in [3.63, 3.8) is 0 Å². The molecule has 0 radical (unpaired) electrons. The summed E-state index contributed by atoms with van der Waals surface area (Å²) in [7, 11) is 3.97. The molecule has 72 valence electrons. The van der Waals surface area contributed by atoms with Crippen molar-refractivity contribution in [3.05, 3.63) is 29.3 Å². The van der Waals surface area contributed by atoms with Crippen molar-refractivity contribution >= 4 is 5.69 Å². The number of aliphatic hydroxyl groups excluding tert-OH is 1. The van der Waals surface area contributed by atoms with Crippen LogP contribution in [0.3, 0.4) is 0 Å². The smallest absolute Gasteiger partial charge is 0.0782 e. The zero-order valence-corrected chi connectivity index (χ0v) is 8.70. The Morgan fingerprint density at radius 2 is 1.92 bits per heavy atom. The summed E-state index contributed by atoms with van der Waals surface area (Å²) in [6, 6.07) is 6.12. The average molecular weight is 179 g/mol. The van der Waals surface area contributed by atoms with Gasteiger partial charge in [0.1, 0.15) is 0 Å². The normalized spacial score (nSPS) is 12.7. The number of anilines is 1. The van der Waals surface area contributed by atoms with Gasteiger partial charge < -0.3 is 10.0 Å². The molecule has 0 spiro atoms. The first kappa shape index (κ1) is 10.1. The van der Waals surface area contributed by atoms with E-state index in [2.05, 4.69) is 6.07 Å². The molecule has 0 bridgehead atoms. The summed E-state index contributed by atoms with van der Waals surface area (Å²) in [6.07, 6.45) is -0.405. The van der Waals surface area contributed by atoms with E-state index in [1.54, 1.807) is 6.92 Å². The molecule has 0 aliphatic carbocycles. The van der Waals surface area contributed by atoms with Gasteiger partial charge in [0.05, 0.1) is 6.10 Å². The number of benzene rings is 1. The van der Waals surface area contributed by atoms with E-state index in [9.17, 15) is 5.11 Å². The second kappa shape index (κ2) is 3.79. The van der Waals surface area contributed by atoms with E-state index in [0.717, 1.165) is 11.3 Å². The minimum atomic E-state index is -0.405. The first-order valence-corrected chi connectivity index (χ1v) is 4.48. The molecule has 0 heterocycles. The maximum absolute atomic E-state index is 9.55.